The molecule has 1 unspecified atom stereocenters. The number of amides is 4. The molecule has 0 aliphatic carbocycles. The van der Waals surface area contributed by atoms with Crippen molar-refractivity contribution in [1.29, 1.82) is 0 Å². The van der Waals surface area contributed by atoms with Crippen molar-refractivity contribution in [3.8, 4) is 0 Å². The highest BCUT2D eigenvalue weighted by molar-refractivity contribution is 6.25. The van der Waals surface area contributed by atoms with Gasteiger partial charge in [0.2, 0.25) is 11.8 Å². The molecule has 14 heteroatoms. The van der Waals surface area contributed by atoms with Gasteiger partial charge in [0, 0.05) is 25.1 Å². The molecule has 1 aromatic rings. The molecule has 3 rings (SSSR count). The second-order valence-electron chi connectivity index (χ2n) is 12.5. The number of imide groups is 2. The van der Waals surface area contributed by atoms with Gasteiger partial charge in [-0.15, -0.1) is 0 Å². The number of rotatable bonds is 30. The van der Waals surface area contributed by atoms with E-state index in [0.717, 1.165) is 17.7 Å². The molecule has 4 amide bonds. The summed E-state index contributed by atoms with van der Waals surface area (Å²) in [5, 5.41) is 5.33. The van der Waals surface area contributed by atoms with Crippen LogP contribution in [0.25, 0.3) is 0 Å². The van der Waals surface area contributed by atoms with E-state index in [4.69, 9.17) is 28.4 Å². The molecule has 0 spiro atoms. The third-order valence-electron chi connectivity index (χ3n) is 8.49. The number of carbonyl (C=O) groups excluding carboxylic acids is 5. The van der Waals surface area contributed by atoms with Crippen molar-refractivity contribution >= 4 is 35.3 Å². The van der Waals surface area contributed by atoms with Crippen LogP contribution in [0.15, 0.2) is 18.2 Å². The van der Waals surface area contributed by atoms with Crippen molar-refractivity contribution in [2.75, 3.05) is 84.5 Å². The minimum atomic E-state index is -1.01. The van der Waals surface area contributed by atoms with Gasteiger partial charge in [-0.05, 0) is 25.0 Å². The van der Waals surface area contributed by atoms with E-state index < -0.39 is 29.7 Å². The third-order valence-corrected chi connectivity index (χ3v) is 8.49. The fourth-order valence-electron chi connectivity index (χ4n) is 5.77. The SMILES string of the molecule is CCCCCCCCCCCC(=O)OCCOCCOCCOCCOCCOCCNc1cccc2c1C(=O)N(C1CCC(=O)NC1=O)C2=O. The quantitative estimate of drug-likeness (QED) is 0.0666. The van der Waals surface area contributed by atoms with Gasteiger partial charge >= 0.3 is 5.97 Å². The van der Waals surface area contributed by atoms with Gasteiger partial charge in [-0.3, -0.25) is 34.2 Å². The van der Waals surface area contributed by atoms with Crippen LogP contribution in [0.5, 0.6) is 0 Å². The van der Waals surface area contributed by atoms with Crippen LogP contribution in [0.2, 0.25) is 0 Å². The molecule has 51 heavy (non-hydrogen) atoms. The summed E-state index contributed by atoms with van der Waals surface area (Å²) >= 11 is 0. The Kier molecular flexibility index (Phi) is 21.0. The smallest absolute Gasteiger partial charge is 0.305 e. The molecule has 1 saturated heterocycles. The van der Waals surface area contributed by atoms with Crippen molar-refractivity contribution in [1.82, 2.24) is 10.2 Å². The van der Waals surface area contributed by atoms with E-state index in [1.54, 1.807) is 18.2 Å². The lowest BCUT2D eigenvalue weighted by Gasteiger charge is -2.27. The molecule has 0 aromatic heterocycles. The second kappa shape index (κ2) is 25.5. The Morgan fingerprint density at radius 2 is 1.27 bits per heavy atom. The van der Waals surface area contributed by atoms with Crippen molar-refractivity contribution < 1.29 is 52.4 Å². The zero-order valence-corrected chi connectivity index (χ0v) is 30.2. The van der Waals surface area contributed by atoms with E-state index >= 15 is 0 Å². The first-order chi connectivity index (χ1) is 24.9. The fraction of sp³-hybridized carbons (Fsp3) is 0.703. The maximum Gasteiger partial charge on any atom is 0.305 e. The molecule has 0 radical (unpaired) electrons. The first kappa shape index (κ1) is 42.0. The molecule has 0 saturated carbocycles. The van der Waals surface area contributed by atoms with E-state index in [-0.39, 0.29) is 36.5 Å². The van der Waals surface area contributed by atoms with Crippen LogP contribution in [0.4, 0.5) is 5.69 Å². The van der Waals surface area contributed by atoms with Gasteiger partial charge in [-0.25, -0.2) is 0 Å². The Labute approximate surface area is 301 Å². The number of anilines is 1. The maximum atomic E-state index is 13.1. The largest absolute Gasteiger partial charge is 0.463 e. The average molecular weight is 720 g/mol. The van der Waals surface area contributed by atoms with Gasteiger partial charge in [0.15, 0.2) is 0 Å². The molecule has 2 N–H and O–H groups in total. The van der Waals surface area contributed by atoms with E-state index in [1.165, 1.54) is 44.9 Å². The Morgan fingerprint density at radius 1 is 0.725 bits per heavy atom. The first-order valence-corrected chi connectivity index (χ1v) is 18.6. The number of carbonyl (C=O) groups is 5. The summed E-state index contributed by atoms with van der Waals surface area (Å²) in [5.41, 5.74) is 0.909. The number of unbranched alkanes of at least 4 members (excludes halogenated alkanes) is 8. The van der Waals surface area contributed by atoms with Crippen molar-refractivity contribution in [2.45, 2.75) is 90.0 Å². The van der Waals surface area contributed by atoms with Crippen LogP contribution in [0.3, 0.4) is 0 Å². The normalized spacial score (nSPS) is 15.7. The molecule has 0 bridgehead atoms. The Bertz CT molecular complexity index is 1230. The van der Waals surface area contributed by atoms with Crippen LogP contribution in [-0.4, -0.2) is 120 Å². The summed E-state index contributed by atoms with van der Waals surface area (Å²) in [6, 6.07) is 3.91. The summed E-state index contributed by atoms with van der Waals surface area (Å²) in [5.74, 6) is -2.32. The third kappa shape index (κ3) is 15.8. The van der Waals surface area contributed by atoms with Gasteiger partial charge in [0.1, 0.15) is 12.6 Å². The molecule has 14 nitrogen and oxygen atoms in total. The lowest BCUT2D eigenvalue weighted by atomic mass is 10.0. The number of piperidine rings is 1. The summed E-state index contributed by atoms with van der Waals surface area (Å²) in [6.07, 6.45) is 11.6. The molecule has 2 aliphatic rings. The van der Waals surface area contributed by atoms with Gasteiger partial charge in [-0.2, -0.15) is 0 Å². The van der Waals surface area contributed by atoms with Crippen molar-refractivity contribution in [2.24, 2.45) is 0 Å². The van der Waals surface area contributed by atoms with Crippen LogP contribution in [0.1, 0.15) is 105 Å². The topological polar surface area (TPSA) is 168 Å². The number of hydrogen-bond acceptors (Lipinski definition) is 12. The Balaban J connectivity index is 1.07. The van der Waals surface area contributed by atoms with Gasteiger partial charge in [0.05, 0.1) is 77.2 Å². The maximum absolute atomic E-state index is 13.1. The molecule has 286 valence electrons. The molecule has 2 aliphatic heterocycles. The minimum Gasteiger partial charge on any atom is -0.463 e. The predicted molar refractivity (Wildman–Crippen MR) is 189 cm³/mol. The number of nitrogens with one attached hydrogen (secondary N) is 2. The number of ether oxygens (including phenoxy) is 6. The van der Waals surface area contributed by atoms with Gasteiger partial charge < -0.3 is 33.7 Å². The summed E-state index contributed by atoms with van der Waals surface area (Å²) in [4.78, 5) is 62.6. The highest BCUT2D eigenvalue weighted by Gasteiger charge is 2.45. The molecule has 1 atom stereocenters. The van der Waals surface area contributed by atoms with E-state index in [1.807, 2.05) is 0 Å². The van der Waals surface area contributed by atoms with Gasteiger partial charge in [-0.1, -0.05) is 64.4 Å². The zero-order chi connectivity index (χ0) is 36.5. The molecule has 1 aromatic carbocycles. The van der Waals surface area contributed by atoms with Crippen molar-refractivity contribution in [3.63, 3.8) is 0 Å². The monoisotopic (exact) mass is 719 g/mol. The molecular weight excluding hydrogens is 662 g/mol. The second-order valence-corrected chi connectivity index (χ2v) is 12.5. The van der Waals surface area contributed by atoms with Crippen molar-refractivity contribution in [3.05, 3.63) is 29.3 Å². The van der Waals surface area contributed by atoms with E-state index in [9.17, 15) is 24.0 Å². The standard InChI is InChI=1S/C37H57N3O11/c1-2-3-4-5-6-7-8-9-10-14-33(42)51-28-27-50-26-25-49-24-23-48-22-21-47-20-19-46-18-17-38-30-13-11-12-29-34(30)37(45)40(36(29)44)31-15-16-32(41)39-35(31)43/h11-13,31,38H,2-10,14-28H2,1H3,(H,39,41,43). The lowest BCUT2D eigenvalue weighted by molar-refractivity contribution is -0.145. The predicted octanol–water partition coefficient (Wildman–Crippen LogP) is 4.05. The van der Waals surface area contributed by atoms with Crippen LogP contribution in [0, 0.1) is 0 Å². The van der Waals surface area contributed by atoms with Gasteiger partial charge in [0.25, 0.3) is 11.8 Å². The van der Waals surface area contributed by atoms with Crippen LogP contribution >= 0.6 is 0 Å². The molecule has 2 heterocycles. The molecular formula is C37H57N3O11. The Hall–Kier alpha value is -3.43. The minimum absolute atomic E-state index is 0.0670. The highest BCUT2D eigenvalue weighted by Crippen LogP contribution is 2.32. The van der Waals surface area contributed by atoms with E-state index in [0.29, 0.717) is 84.7 Å². The van der Waals surface area contributed by atoms with Crippen LogP contribution in [-0.2, 0) is 42.8 Å². The zero-order valence-electron chi connectivity index (χ0n) is 30.2. The number of benzene rings is 1. The summed E-state index contributed by atoms with van der Waals surface area (Å²) in [6.45, 7) is 6.89. The fourth-order valence-corrected chi connectivity index (χ4v) is 5.77. The van der Waals surface area contributed by atoms with Crippen LogP contribution < -0.4 is 10.6 Å². The average Bonchev–Trinajstić information content (AvgIpc) is 3.37. The highest BCUT2D eigenvalue weighted by atomic mass is 16.6. The number of nitrogens with zero attached hydrogens (tertiary/aromatic N) is 1. The molecule has 1 fully saturated rings. The number of hydrogen-bond donors (Lipinski definition) is 2. The summed E-state index contributed by atoms with van der Waals surface area (Å²) in [7, 11) is 0. The first-order valence-electron chi connectivity index (χ1n) is 18.6. The van der Waals surface area contributed by atoms with E-state index in [2.05, 4.69) is 17.6 Å². The Morgan fingerprint density at radius 3 is 1.86 bits per heavy atom. The summed E-state index contributed by atoms with van der Waals surface area (Å²) < 4.78 is 32.7. The lowest BCUT2D eigenvalue weighted by Crippen LogP contribution is -2.54. The number of esters is 1. The number of fused-ring (bicyclic) bond motifs is 1.